The molecule has 0 saturated heterocycles. The van der Waals surface area contributed by atoms with E-state index in [1.54, 1.807) is 7.11 Å². The molecule has 0 heterocycles. The summed E-state index contributed by atoms with van der Waals surface area (Å²) in [7, 11) is 1.60. The van der Waals surface area contributed by atoms with Gasteiger partial charge in [-0.1, -0.05) is 47.8 Å². The zero-order valence-corrected chi connectivity index (χ0v) is 14.1. The number of hydrogen-bond acceptors (Lipinski definition) is 2. The van der Waals surface area contributed by atoms with Crippen molar-refractivity contribution in [1.82, 2.24) is 0 Å². The van der Waals surface area contributed by atoms with Gasteiger partial charge in [-0.15, -0.1) is 0 Å². The van der Waals surface area contributed by atoms with Crippen LogP contribution in [0.1, 0.15) is 24.9 Å². The fourth-order valence-electron chi connectivity index (χ4n) is 2.10. The molecule has 0 saturated carbocycles. The smallest absolute Gasteiger partial charge is 0.139 e. The van der Waals surface area contributed by atoms with Crippen LogP contribution in [-0.4, -0.2) is 7.11 Å². The molecule has 0 radical (unpaired) electrons. The Balaban J connectivity index is 2.24. The molecule has 0 bridgehead atoms. The Morgan fingerprint density at radius 1 is 1.00 bits per heavy atom. The van der Waals surface area contributed by atoms with Gasteiger partial charge in [-0.3, -0.25) is 0 Å². The summed E-state index contributed by atoms with van der Waals surface area (Å²) in [6, 6.07) is 11.4. The summed E-state index contributed by atoms with van der Waals surface area (Å²) < 4.78 is 5.23. The van der Waals surface area contributed by atoms with Gasteiger partial charge in [0.1, 0.15) is 5.75 Å². The van der Waals surface area contributed by atoms with E-state index < -0.39 is 0 Å². The fraction of sp³-hybridized carbons (Fsp3) is 0.250. The fourth-order valence-corrected chi connectivity index (χ4v) is 2.60. The summed E-state index contributed by atoms with van der Waals surface area (Å²) in [5.74, 6) is 0.644. The molecule has 5 heteroatoms. The Kier molecular flexibility index (Phi) is 5.63. The van der Waals surface area contributed by atoms with Gasteiger partial charge in [0.25, 0.3) is 0 Å². The van der Waals surface area contributed by atoms with Crippen LogP contribution in [-0.2, 0) is 0 Å². The molecule has 0 aliphatic heterocycles. The van der Waals surface area contributed by atoms with Crippen LogP contribution in [0.5, 0.6) is 5.75 Å². The third-order valence-electron chi connectivity index (χ3n) is 3.25. The van der Waals surface area contributed by atoms with Gasteiger partial charge in [-0.05, 0) is 36.2 Å². The zero-order valence-electron chi connectivity index (χ0n) is 11.8. The first kappa shape index (κ1) is 16.3. The SMILES string of the molecule is CCC(Nc1ccc(Cl)c(OC)c1)c1ccc(Cl)c(Cl)c1. The van der Waals surface area contributed by atoms with E-state index >= 15 is 0 Å². The van der Waals surface area contributed by atoms with Gasteiger partial charge >= 0.3 is 0 Å². The predicted octanol–water partition coefficient (Wildman–Crippen LogP) is 6.22. The van der Waals surface area contributed by atoms with Crippen molar-refractivity contribution in [3.8, 4) is 5.75 Å². The summed E-state index contributed by atoms with van der Waals surface area (Å²) in [5, 5.41) is 5.16. The molecule has 2 aromatic rings. The number of methoxy groups -OCH3 is 1. The van der Waals surface area contributed by atoms with Crippen LogP contribution in [0.25, 0.3) is 0 Å². The predicted molar refractivity (Wildman–Crippen MR) is 91.1 cm³/mol. The lowest BCUT2D eigenvalue weighted by Gasteiger charge is -2.20. The molecule has 0 aliphatic rings. The third kappa shape index (κ3) is 3.97. The second kappa shape index (κ2) is 7.26. The Bertz CT molecular complexity index is 631. The van der Waals surface area contributed by atoms with E-state index in [9.17, 15) is 0 Å². The topological polar surface area (TPSA) is 21.3 Å². The monoisotopic (exact) mass is 343 g/mol. The zero-order chi connectivity index (χ0) is 15.4. The van der Waals surface area contributed by atoms with Crippen molar-refractivity contribution in [2.45, 2.75) is 19.4 Å². The van der Waals surface area contributed by atoms with E-state index in [0.717, 1.165) is 17.7 Å². The maximum absolute atomic E-state index is 6.09. The van der Waals surface area contributed by atoms with E-state index in [0.29, 0.717) is 20.8 Å². The van der Waals surface area contributed by atoms with Gasteiger partial charge in [-0.25, -0.2) is 0 Å². The normalized spacial score (nSPS) is 12.0. The number of halogens is 3. The van der Waals surface area contributed by atoms with Gasteiger partial charge in [0, 0.05) is 11.8 Å². The van der Waals surface area contributed by atoms with E-state index in [1.807, 2.05) is 36.4 Å². The number of nitrogens with one attached hydrogen (secondary N) is 1. The first-order valence-corrected chi connectivity index (χ1v) is 7.73. The van der Waals surface area contributed by atoms with E-state index in [1.165, 1.54) is 0 Å². The molecule has 2 rings (SSSR count). The van der Waals surface area contributed by atoms with E-state index in [-0.39, 0.29) is 6.04 Å². The lowest BCUT2D eigenvalue weighted by Crippen LogP contribution is -2.09. The van der Waals surface area contributed by atoms with Crippen molar-refractivity contribution < 1.29 is 4.74 Å². The number of hydrogen-bond donors (Lipinski definition) is 1. The van der Waals surface area contributed by atoms with Crippen LogP contribution in [0, 0.1) is 0 Å². The Morgan fingerprint density at radius 2 is 1.71 bits per heavy atom. The van der Waals surface area contributed by atoms with Crippen molar-refractivity contribution in [1.29, 1.82) is 0 Å². The molecule has 0 aromatic heterocycles. The van der Waals surface area contributed by atoms with Crippen molar-refractivity contribution in [3.05, 3.63) is 57.0 Å². The summed E-state index contributed by atoms with van der Waals surface area (Å²) in [4.78, 5) is 0. The average Bonchev–Trinajstić information content (AvgIpc) is 2.49. The van der Waals surface area contributed by atoms with Gasteiger partial charge in [0.05, 0.1) is 28.2 Å². The minimum Gasteiger partial charge on any atom is -0.495 e. The molecular formula is C16H16Cl3NO. The number of benzene rings is 2. The molecule has 2 aromatic carbocycles. The lowest BCUT2D eigenvalue weighted by atomic mass is 10.0. The number of ether oxygens (including phenoxy) is 1. The molecule has 0 aliphatic carbocycles. The molecule has 2 nitrogen and oxygen atoms in total. The Hall–Kier alpha value is -1.09. The highest BCUT2D eigenvalue weighted by Gasteiger charge is 2.12. The summed E-state index contributed by atoms with van der Waals surface area (Å²) >= 11 is 18.1. The molecule has 0 amide bonds. The molecule has 1 unspecified atom stereocenters. The minimum absolute atomic E-state index is 0.130. The van der Waals surface area contributed by atoms with Crippen molar-refractivity contribution >= 4 is 40.5 Å². The van der Waals surface area contributed by atoms with E-state index in [2.05, 4.69) is 12.2 Å². The molecule has 0 spiro atoms. The van der Waals surface area contributed by atoms with Crippen LogP contribution < -0.4 is 10.1 Å². The van der Waals surface area contributed by atoms with Crippen LogP contribution in [0.3, 0.4) is 0 Å². The maximum Gasteiger partial charge on any atom is 0.139 e. The lowest BCUT2D eigenvalue weighted by molar-refractivity contribution is 0.415. The highest BCUT2D eigenvalue weighted by molar-refractivity contribution is 6.42. The summed E-state index contributed by atoms with van der Waals surface area (Å²) in [6.07, 6.45) is 0.906. The highest BCUT2D eigenvalue weighted by atomic mass is 35.5. The first-order chi connectivity index (χ1) is 10.0. The maximum atomic E-state index is 6.09. The average molecular weight is 345 g/mol. The quantitative estimate of drug-likeness (QED) is 0.695. The van der Waals surface area contributed by atoms with Gasteiger partial charge in [0.2, 0.25) is 0 Å². The van der Waals surface area contributed by atoms with Gasteiger partial charge in [0.15, 0.2) is 0 Å². The second-order valence-corrected chi connectivity index (χ2v) is 5.85. The van der Waals surface area contributed by atoms with Crippen LogP contribution >= 0.6 is 34.8 Å². The largest absolute Gasteiger partial charge is 0.495 e. The molecular weight excluding hydrogens is 329 g/mol. The van der Waals surface area contributed by atoms with Crippen LogP contribution in [0.4, 0.5) is 5.69 Å². The number of rotatable bonds is 5. The molecule has 21 heavy (non-hydrogen) atoms. The van der Waals surface area contributed by atoms with Crippen molar-refractivity contribution in [2.75, 3.05) is 12.4 Å². The van der Waals surface area contributed by atoms with Crippen molar-refractivity contribution in [2.24, 2.45) is 0 Å². The van der Waals surface area contributed by atoms with Crippen LogP contribution in [0.2, 0.25) is 15.1 Å². The van der Waals surface area contributed by atoms with Gasteiger partial charge < -0.3 is 10.1 Å². The van der Waals surface area contributed by atoms with Crippen molar-refractivity contribution in [3.63, 3.8) is 0 Å². The summed E-state index contributed by atoms with van der Waals surface area (Å²) in [5.41, 5.74) is 2.02. The third-order valence-corrected chi connectivity index (χ3v) is 4.30. The molecule has 0 fully saturated rings. The molecule has 1 atom stereocenters. The second-order valence-electron chi connectivity index (χ2n) is 4.63. The molecule has 112 valence electrons. The highest BCUT2D eigenvalue weighted by Crippen LogP contribution is 2.32. The Morgan fingerprint density at radius 3 is 2.33 bits per heavy atom. The number of anilines is 1. The van der Waals surface area contributed by atoms with Crippen LogP contribution in [0.15, 0.2) is 36.4 Å². The standard InChI is InChI=1S/C16H16Cl3NO/c1-3-15(10-4-6-12(17)14(19)8-10)20-11-5-7-13(18)16(9-11)21-2/h4-9,15,20H,3H2,1-2H3. The Labute approximate surface area is 140 Å². The van der Waals surface area contributed by atoms with E-state index in [4.69, 9.17) is 39.5 Å². The van der Waals surface area contributed by atoms with Gasteiger partial charge in [-0.2, -0.15) is 0 Å². The summed E-state index contributed by atoms with van der Waals surface area (Å²) in [6.45, 7) is 2.10. The minimum atomic E-state index is 0.130. The molecule has 1 N–H and O–H groups in total. The first-order valence-electron chi connectivity index (χ1n) is 6.60.